The molecule has 0 unspecified atom stereocenters. The summed E-state index contributed by atoms with van der Waals surface area (Å²) in [5.41, 5.74) is 5.00. The molecule has 0 aromatic heterocycles. The first-order valence-corrected chi connectivity index (χ1v) is 6.67. The lowest BCUT2D eigenvalue weighted by Crippen LogP contribution is -2.44. The first-order valence-electron chi connectivity index (χ1n) is 6.67. The molecule has 0 aromatic rings. The summed E-state index contributed by atoms with van der Waals surface area (Å²) in [4.78, 5) is 35.6. The van der Waals surface area contributed by atoms with E-state index in [9.17, 15) is 14.4 Å². The standard InChI is InChI=1S/C12H22N4O3/c13-10(17)4-1-2-6-15-11(18)12(19)16-8-3-5-14-7-9-16/h14H,1-9H2,(H2,13,17)(H,15,18). The molecule has 1 rings (SSSR count). The maximum atomic E-state index is 11.8. The zero-order valence-corrected chi connectivity index (χ0v) is 11.1. The minimum absolute atomic E-state index is 0.307. The van der Waals surface area contributed by atoms with Crippen molar-refractivity contribution in [3.8, 4) is 0 Å². The molecule has 1 saturated heterocycles. The molecule has 4 N–H and O–H groups in total. The second-order valence-corrected chi connectivity index (χ2v) is 4.58. The van der Waals surface area contributed by atoms with Crippen LogP contribution in [0.4, 0.5) is 0 Å². The van der Waals surface area contributed by atoms with Gasteiger partial charge in [-0.2, -0.15) is 0 Å². The van der Waals surface area contributed by atoms with Crippen molar-refractivity contribution < 1.29 is 14.4 Å². The Balaban J connectivity index is 2.20. The Kier molecular flexibility index (Phi) is 6.88. The van der Waals surface area contributed by atoms with Gasteiger partial charge in [0, 0.05) is 32.6 Å². The molecule has 1 aliphatic rings. The van der Waals surface area contributed by atoms with Crippen LogP contribution in [0.2, 0.25) is 0 Å². The summed E-state index contributed by atoms with van der Waals surface area (Å²) in [6, 6.07) is 0. The van der Waals surface area contributed by atoms with E-state index >= 15 is 0 Å². The predicted octanol–water partition coefficient (Wildman–Crippen LogP) is -1.42. The number of nitrogens with zero attached hydrogens (tertiary/aromatic N) is 1. The third-order valence-electron chi connectivity index (χ3n) is 2.96. The molecule has 0 radical (unpaired) electrons. The van der Waals surface area contributed by atoms with Crippen LogP contribution in [0.15, 0.2) is 0 Å². The molecule has 7 nitrogen and oxygen atoms in total. The van der Waals surface area contributed by atoms with Crippen LogP contribution in [0.1, 0.15) is 25.7 Å². The summed E-state index contributed by atoms with van der Waals surface area (Å²) >= 11 is 0. The molecule has 19 heavy (non-hydrogen) atoms. The second kappa shape index (κ2) is 8.47. The molecule has 3 amide bonds. The van der Waals surface area contributed by atoms with Crippen molar-refractivity contribution >= 4 is 17.7 Å². The number of primary amides is 1. The van der Waals surface area contributed by atoms with Gasteiger partial charge >= 0.3 is 11.8 Å². The smallest absolute Gasteiger partial charge is 0.311 e. The van der Waals surface area contributed by atoms with E-state index in [1.54, 1.807) is 4.90 Å². The Labute approximate surface area is 112 Å². The van der Waals surface area contributed by atoms with Crippen LogP contribution in [0.5, 0.6) is 0 Å². The lowest BCUT2D eigenvalue weighted by molar-refractivity contribution is -0.145. The SMILES string of the molecule is NC(=O)CCCCNC(=O)C(=O)N1CCCNCC1. The van der Waals surface area contributed by atoms with Gasteiger partial charge in [0.1, 0.15) is 0 Å². The molecule has 0 bridgehead atoms. The molecule has 0 saturated carbocycles. The summed E-state index contributed by atoms with van der Waals surface area (Å²) in [5.74, 6) is -1.39. The summed E-state index contributed by atoms with van der Waals surface area (Å²) in [5, 5.41) is 5.74. The minimum atomic E-state index is -0.569. The number of carbonyl (C=O) groups is 3. The topological polar surface area (TPSA) is 105 Å². The zero-order valence-electron chi connectivity index (χ0n) is 11.1. The molecule has 0 aromatic carbocycles. The first-order chi connectivity index (χ1) is 9.11. The van der Waals surface area contributed by atoms with E-state index in [0.29, 0.717) is 38.9 Å². The molecule has 1 fully saturated rings. The number of amides is 3. The van der Waals surface area contributed by atoms with Crippen molar-refractivity contribution in [3.05, 3.63) is 0 Å². The monoisotopic (exact) mass is 270 g/mol. The van der Waals surface area contributed by atoms with Crippen molar-refractivity contribution in [2.24, 2.45) is 5.73 Å². The fourth-order valence-electron chi connectivity index (χ4n) is 1.89. The highest BCUT2D eigenvalue weighted by atomic mass is 16.2. The number of nitrogens with two attached hydrogens (primary N) is 1. The van der Waals surface area contributed by atoms with Crippen LogP contribution in [-0.2, 0) is 14.4 Å². The molecule has 1 aliphatic heterocycles. The summed E-state index contributed by atoms with van der Waals surface area (Å²) in [6.45, 7) is 3.16. The van der Waals surface area contributed by atoms with Gasteiger partial charge < -0.3 is 21.3 Å². The van der Waals surface area contributed by atoms with E-state index < -0.39 is 11.8 Å². The van der Waals surface area contributed by atoms with Gasteiger partial charge in [0.15, 0.2) is 0 Å². The van der Waals surface area contributed by atoms with Crippen LogP contribution in [0.25, 0.3) is 0 Å². The number of carbonyl (C=O) groups excluding carboxylic acids is 3. The van der Waals surface area contributed by atoms with Crippen molar-refractivity contribution in [1.29, 1.82) is 0 Å². The average molecular weight is 270 g/mol. The Bertz CT molecular complexity index is 325. The lowest BCUT2D eigenvalue weighted by Gasteiger charge is -2.19. The van der Waals surface area contributed by atoms with E-state index in [2.05, 4.69) is 10.6 Å². The predicted molar refractivity (Wildman–Crippen MR) is 70.1 cm³/mol. The number of nitrogens with one attached hydrogen (secondary N) is 2. The maximum Gasteiger partial charge on any atom is 0.311 e. The highest BCUT2D eigenvalue weighted by Gasteiger charge is 2.21. The highest BCUT2D eigenvalue weighted by Crippen LogP contribution is 1.97. The molecular weight excluding hydrogens is 248 g/mol. The van der Waals surface area contributed by atoms with Gasteiger partial charge in [0.2, 0.25) is 5.91 Å². The molecule has 0 atom stereocenters. The molecule has 1 heterocycles. The van der Waals surface area contributed by atoms with Crippen LogP contribution in [0.3, 0.4) is 0 Å². The van der Waals surface area contributed by atoms with Gasteiger partial charge in [-0.15, -0.1) is 0 Å². The highest BCUT2D eigenvalue weighted by molar-refractivity contribution is 6.35. The van der Waals surface area contributed by atoms with E-state index in [1.165, 1.54) is 0 Å². The van der Waals surface area contributed by atoms with Gasteiger partial charge in [-0.3, -0.25) is 14.4 Å². The molecule has 7 heteroatoms. The molecular formula is C12H22N4O3. The molecule has 0 aliphatic carbocycles. The minimum Gasteiger partial charge on any atom is -0.370 e. The number of rotatable bonds is 5. The van der Waals surface area contributed by atoms with Crippen LogP contribution in [0, 0.1) is 0 Å². The van der Waals surface area contributed by atoms with Crippen molar-refractivity contribution in [3.63, 3.8) is 0 Å². The fourth-order valence-corrected chi connectivity index (χ4v) is 1.89. The Hall–Kier alpha value is -1.63. The van der Waals surface area contributed by atoms with Crippen LogP contribution >= 0.6 is 0 Å². The third kappa shape index (κ3) is 6.19. The largest absolute Gasteiger partial charge is 0.370 e. The summed E-state index contributed by atoms with van der Waals surface area (Å²) < 4.78 is 0. The number of hydrogen-bond donors (Lipinski definition) is 3. The van der Waals surface area contributed by atoms with Gasteiger partial charge in [0.25, 0.3) is 0 Å². The summed E-state index contributed by atoms with van der Waals surface area (Å²) in [6.07, 6.45) is 2.43. The Morgan fingerprint density at radius 1 is 1.16 bits per heavy atom. The second-order valence-electron chi connectivity index (χ2n) is 4.58. The van der Waals surface area contributed by atoms with E-state index in [4.69, 9.17) is 5.73 Å². The average Bonchev–Trinajstić information content (AvgIpc) is 2.65. The maximum absolute atomic E-state index is 11.8. The Morgan fingerprint density at radius 3 is 2.68 bits per heavy atom. The quantitative estimate of drug-likeness (QED) is 0.421. The third-order valence-corrected chi connectivity index (χ3v) is 2.96. The van der Waals surface area contributed by atoms with E-state index in [0.717, 1.165) is 19.5 Å². The van der Waals surface area contributed by atoms with E-state index in [-0.39, 0.29) is 5.91 Å². The van der Waals surface area contributed by atoms with Crippen molar-refractivity contribution in [1.82, 2.24) is 15.5 Å². The number of unbranched alkanes of at least 4 members (excludes halogenated alkanes) is 1. The first kappa shape index (κ1) is 15.4. The van der Waals surface area contributed by atoms with Gasteiger partial charge in [-0.25, -0.2) is 0 Å². The van der Waals surface area contributed by atoms with Gasteiger partial charge in [-0.05, 0) is 25.8 Å². The van der Waals surface area contributed by atoms with Crippen LogP contribution in [-0.4, -0.2) is 55.3 Å². The Morgan fingerprint density at radius 2 is 1.95 bits per heavy atom. The van der Waals surface area contributed by atoms with Crippen molar-refractivity contribution in [2.45, 2.75) is 25.7 Å². The number of hydrogen-bond acceptors (Lipinski definition) is 4. The van der Waals surface area contributed by atoms with Gasteiger partial charge in [0.05, 0.1) is 0 Å². The lowest BCUT2D eigenvalue weighted by atomic mass is 10.2. The summed E-state index contributed by atoms with van der Waals surface area (Å²) in [7, 11) is 0. The molecule has 108 valence electrons. The van der Waals surface area contributed by atoms with Gasteiger partial charge in [-0.1, -0.05) is 0 Å². The van der Waals surface area contributed by atoms with Crippen molar-refractivity contribution in [2.75, 3.05) is 32.7 Å². The molecule has 0 spiro atoms. The fraction of sp³-hybridized carbons (Fsp3) is 0.750. The van der Waals surface area contributed by atoms with E-state index in [1.807, 2.05) is 0 Å². The van der Waals surface area contributed by atoms with Crippen LogP contribution < -0.4 is 16.4 Å². The normalized spacial score (nSPS) is 15.7. The zero-order chi connectivity index (χ0) is 14.1.